The normalized spacial score (nSPS) is 14.9. The minimum atomic E-state index is 0.417. The Labute approximate surface area is 133 Å². The van der Waals surface area contributed by atoms with Gasteiger partial charge < -0.3 is 16.8 Å². The lowest BCUT2D eigenvalue weighted by Crippen LogP contribution is -2.16. The molecule has 1 aliphatic rings. The van der Waals surface area contributed by atoms with Crippen molar-refractivity contribution in [2.75, 3.05) is 11.9 Å². The molecular weight excluding hydrogens is 270 g/mol. The van der Waals surface area contributed by atoms with E-state index >= 15 is 0 Å². The van der Waals surface area contributed by atoms with E-state index in [-0.39, 0.29) is 0 Å². The molecule has 1 unspecified atom stereocenters. The molecule has 0 radical (unpaired) electrons. The van der Waals surface area contributed by atoms with E-state index in [1.807, 2.05) is 0 Å². The van der Waals surface area contributed by atoms with E-state index in [4.69, 9.17) is 11.5 Å². The van der Waals surface area contributed by atoms with Gasteiger partial charge in [0.05, 0.1) is 5.82 Å². The number of hydrogen-bond donors (Lipinski definition) is 3. The Morgan fingerprint density at radius 2 is 2.09 bits per heavy atom. The van der Waals surface area contributed by atoms with Crippen molar-refractivity contribution in [1.29, 1.82) is 0 Å². The molecule has 1 aromatic rings. The SMILES string of the molecule is C=C(C)C(C)CC1=CC(=C(N)N)Cc2cc(NCC)ccc21. The minimum absolute atomic E-state index is 0.417. The summed E-state index contributed by atoms with van der Waals surface area (Å²) in [6.45, 7) is 11.4. The summed E-state index contributed by atoms with van der Waals surface area (Å²) in [4.78, 5) is 0. The van der Waals surface area contributed by atoms with Crippen LogP contribution in [0.15, 0.2) is 47.8 Å². The van der Waals surface area contributed by atoms with Gasteiger partial charge in [-0.05, 0) is 60.6 Å². The van der Waals surface area contributed by atoms with Gasteiger partial charge in [-0.3, -0.25) is 0 Å². The summed E-state index contributed by atoms with van der Waals surface area (Å²) < 4.78 is 0. The number of nitrogens with two attached hydrogens (primary N) is 2. The van der Waals surface area contributed by atoms with Gasteiger partial charge in [-0.15, -0.1) is 0 Å². The van der Waals surface area contributed by atoms with Crippen molar-refractivity contribution in [3.63, 3.8) is 0 Å². The van der Waals surface area contributed by atoms with Gasteiger partial charge in [-0.2, -0.15) is 0 Å². The van der Waals surface area contributed by atoms with E-state index in [1.165, 1.54) is 22.3 Å². The molecule has 0 saturated carbocycles. The van der Waals surface area contributed by atoms with Crippen LogP contribution < -0.4 is 16.8 Å². The van der Waals surface area contributed by atoms with Crippen LogP contribution in [0.1, 0.15) is 38.3 Å². The lowest BCUT2D eigenvalue weighted by atomic mass is 9.82. The van der Waals surface area contributed by atoms with Crippen LogP contribution in [-0.2, 0) is 6.42 Å². The first kappa shape index (κ1) is 16.2. The number of allylic oxidation sites excluding steroid dienone is 4. The van der Waals surface area contributed by atoms with E-state index < -0.39 is 0 Å². The molecule has 118 valence electrons. The molecule has 0 aliphatic heterocycles. The van der Waals surface area contributed by atoms with E-state index in [2.05, 4.69) is 56.9 Å². The number of nitrogens with one attached hydrogen (secondary N) is 1. The zero-order valence-electron chi connectivity index (χ0n) is 13.9. The van der Waals surface area contributed by atoms with Crippen LogP contribution in [-0.4, -0.2) is 6.54 Å². The first-order chi connectivity index (χ1) is 10.4. The van der Waals surface area contributed by atoms with Crippen LogP contribution in [0.5, 0.6) is 0 Å². The maximum atomic E-state index is 5.85. The maximum absolute atomic E-state index is 5.85. The predicted molar refractivity (Wildman–Crippen MR) is 96.3 cm³/mol. The summed E-state index contributed by atoms with van der Waals surface area (Å²) in [6, 6.07) is 6.55. The fourth-order valence-corrected chi connectivity index (χ4v) is 2.77. The molecule has 0 fully saturated rings. The smallest absolute Gasteiger partial charge is 0.0970 e. The van der Waals surface area contributed by atoms with Crippen molar-refractivity contribution in [3.8, 4) is 0 Å². The molecule has 1 aromatic carbocycles. The Balaban J connectivity index is 2.43. The van der Waals surface area contributed by atoms with E-state index in [9.17, 15) is 0 Å². The Kier molecular flexibility index (Phi) is 4.96. The fraction of sp³-hybridized carbons (Fsp3) is 0.368. The molecular formula is C19H27N3. The van der Waals surface area contributed by atoms with Crippen molar-refractivity contribution < 1.29 is 0 Å². The molecule has 0 saturated heterocycles. The quantitative estimate of drug-likeness (QED) is 0.725. The molecule has 0 amide bonds. The molecule has 5 N–H and O–H groups in total. The molecule has 22 heavy (non-hydrogen) atoms. The minimum Gasteiger partial charge on any atom is -0.385 e. The van der Waals surface area contributed by atoms with Gasteiger partial charge in [0, 0.05) is 18.7 Å². The second-order valence-electron chi connectivity index (χ2n) is 6.18. The molecule has 0 bridgehead atoms. The van der Waals surface area contributed by atoms with Gasteiger partial charge in [-0.25, -0.2) is 0 Å². The molecule has 3 nitrogen and oxygen atoms in total. The van der Waals surface area contributed by atoms with Crippen molar-refractivity contribution >= 4 is 11.3 Å². The summed E-state index contributed by atoms with van der Waals surface area (Å²) >= 11 is 0. The zero-order valence-corrected chi connectivity index (χ0v) is 13.9. The van der Waals surface area contributed by atoms with Crippen molar-refractivity contribution in [3.05, 3.63) is 58.9 Å². The monoisotopic (exact) mass is 297 g/mol. The fourth-order valence-electron chi connectivity index (χ4n) is 2.77. The standard InChI is InChI=1S/C19H27N3/c1-5-22-17-6-7-18-14(8-13(4)12(2)3)9-16(19(20)21)10-15(18)11-17/h6-7,9,11,13,22H,2,5,8,10,20-21H2,1,3-4H3. The number of anilines is 1. The van der Waals surface area contributed by atoms with Gasteiger partial charge in [-0.1, -0.05) is 31.2 Å². The first-order valence-electron chi connectivity index (χ1n) is 7.89. The maximum Gasteiger partial charge on any atom is 0.0970 e. The number of fused-ring (bicyclic) bond motifs is 1. The summed E-state index contributed by atoms with van der Waals surface area (Å²) in [5.74, 6) is 0.853. The topological polar surface area (TPSA) is 64.1 Å². The first-order valence-corrected chi connectivity index (χ1v) is 7.89. The summed E-state index contributed by atoms with van der Waals surface area (Å²) in [5.41, 5.74) is 19.0. The van der Waals surface area contributed by atoms with Crippen molar-refractivity contribution in [1.82, 2.24) is 0 Å². The molecule has 0 heterocycles. The third kappa shape index (κ3) is 3.53. The van der Waals surface area contributed by atoms with Crippen LogP contribution in [0.3, 0.4) is 0 Å². The molecule has 2 rings (SSSR count). The molecule has 0 aromatic heterocycles. The molecule has 0 spiro atoms. The highest BCUT2D eigenvalue weighted by Crippen LogP contribution is 2.35. The highest BCUT2D eigenvalue weighted by molar-refractivity contribution is 5.76. The molecule has 3 heteroatoms. The van der Waals surface area contributed by atoms with E-state index in [1.54, 1.807) is 0 Å². The molecule has 1 aliphatic carbocycles. The van der Waals surface area contributed by atoms with Gasteiger partial charge in [0.2, 0.25) is 0 Å². The summed E-state index contributed by atoms with van der Waals surface area (Å²) in [7, 11) is 0. The van der Waals surface area contributed by atoms with Gasteiger partial charge in [0.25, 0.3) is 0 Å². The van der Waals surface area contributed by atoms with Crippen LogP contribution in [0.25, 0.3) is 5.57 Å². The lowest BCUT2D eigenvalue weighted by molar-refractivity contribution is 0.706. The van der Waals surface area contributed by atoms with Crippen LogP contribution in [0.2, 0.25) is 0 Å². The van der Waals surface area contributed by atoms with Gasteiger partial charge in [0.1, 0.15) is 0 Å². The Hall–Kier alpha value is -2.16. The molecule has 1 atom stereocenters. The average Bonchev–Trinajstić information content (AvgIpc) is 2.46. The number of benzene rings is 1. The highest BCUT2D eigenvalue weighted by Gasteiger charge is 2.19. The number of hydrogen-bond acceptors (Lipinski definition) is 3. The van der Waals surface area contributed by atoms with Crippen LogP contribution in [0.4, 0.5) is 5.69 Å². The van der Waals surface area contributed by atoms with Crippen molar-refractivity contribution in [2.24, 2.45) is 17.4 Å². The Bertz CT molecular complexity index is 634. The number of rotatable bonds is 5. The van der Waals surface area contributed by atoms with E-state index in [0.29, 0.717) is 11.7 Å². The Morgan fingerprint density at radius 3 is 2.68 bits per heavy atom. The van der Waals surface area contributed by atoms with Gasteiger partial charge in [0.15, 0.2) is 0 Å². The van der Waals surface area contributed by atoms with Crippen LogP contribution in [0, 0.1) is 5.92 Å². The van der Waals surface area contributed by atoms with E-state index in [0.717, 1.165) is 30.6 Å². The van der Waals surface area contributed by atoms with Gasteiger partial charge >= 0.3 is 0 Å². The third-order valence-corrected chi connectivity index (χ3v) is 4.30. The average molecular weight is 297 g/mol. The lowest BCUT2D eigenvalue weighted by Gasteiger charge is -2.24. The van der Waals surface area contributed by atoms with Crippen LogP contribution >= 0.6 is 0 Å². The van der Waals surface area contributed by atoms with Crippen molar-refractivity contribution in [2.45, 2.75) is 33.6 Å². The predicted octanol–water partition coefficient (Wildman–Crippen LogP) is 3.79. The zero-order chi connectivity index (χ0) is 16.3. The summed E-state index contributed by atoms with van der Waals surface area (Å²) in [6.07, 6.45) is 3.91. The largest absolute Gasteiger partial charge is 0.385 e. The second kappa shape index (κ2) is 6.73. The Morgan fingerprint density at radius 1 is 1.36 bits per heavy atom. The second-order valence-corrected chi connectivity index (χ2v) is 6.18. The highest BCUT2D eigenvalue weighted by atomic mass is 14.8. The third-order valence-electron chi connectivity index (χ3n) is 4.30. The summed E-state index contributed by atoms with van der Waals surface area (Å²) in [5, 5.41) is 3.36.